The number of hydrogen-bond acceptors (Lipinski definition) is 30. The summed E-state index contributed by atoms with van der Waals surface area (Å²) in [5.74, 6) is -2.37. The van der Waals surface area contributed by atoms with E-state index in [4.69, 9.17) is 61.0 Å². The monoisotopic (exact) mass is 1790 g/mol. The second-order valence-electron chi connectivity index (χ2n) is 29.3. The molecule has 7 amide bonds. The second-order valence-corrected chi connectivity index (χ2v) is 36.8. The van der Waals surface area contributed by atoms with E-state index in [2.05, 4.69) is 71.7 Å². The van der Waals surface area contributed by atoms with E-state index >= 15 is 13.3 Å². The quantitative estimate of drug-likeness (QED) is 0.0102. The number of amides is 7. The SMILES string of the molecule is [B][P@@]1(=O)OC[C@H]2O[C@@H](n3cnc4c(N)ccnc43)[C@H](F)[C@@H]2O[P@@](=O)(SCc2ccc(NC(=O)CNC(=O)CCCCCn3nnc4c3-c3ccccc3CN(C(=O)CCNC(=O)CCCCC(=O)NCC(=O)Nc3ccc(COC(=O)NCCCOCC(O)COP(C)(=O)O)cc3)c3ccccc3-4)cc2)OC[C@H]2O[C@@H](n3cnc4c(N)ncnc43)[C@H](F)[C@@H]2O1. The van der Waals surface area contributed by atoms with Gasteiger partial charge >= 0.3 is 20.5 Å². The highest BCUT2D eigenvalue weighted by molar-refractivity contribution is 8.54. The second kappa shape index (κ2) is 42.0. The van der Waals surface area contributed by atoms with Crippen molar-refractivity contribution in [1.29, 1.82) is 0 Å². The number of aryl methyl sites for hydroxylation is 1. The number of pyridine rings is 1. The van der Waals surface area contributed by atoms with Crippen molar-refractivity contribution in [1.82, 2.24) is 70.3 Å². The summed E-state index contributed by atoms with van der Waals surface area (Å²) in [6.07, 6.45) is -7.66. The first kappa shape index (κ1) is 91.2. The number of aliphatic hydroxyl groups excluding tert-OH is 1. The number of aliphatic hydroxyl groups is 1. The van der Waals surface area contributed by atoms with Crippen LogP contribution in [-0.2, 0) is 109 Å². The number of carbonyl (C=O) groups is 7. The zero-order valence-corrected chi connectivity index (χ0v) is 70.4. The molecular weight excluding hydrogens is 1700 g/mol. The molecule has 2 radical (unpaired) electrons. The summed E-state index contributed by atoms with van der Waals surface area (Å²) in [4.78, 5) is 123. The molecule has 4 aliphatic heterocycles. The molecule has 3 fully saturated rings. The maximum Gasteiger partial charge on any atom is 0.407 e. The number of para-hydroxylation sites is 1. The van der Waals surface area contributed by atoms with Gasteiger partial charge in [0, 0.05) is 93.0 Å². The van der Waals surface area contributed by atoms with Crippen LogP contribution in [0.3, 0.4) is 0 Å². The molecule has 47 heteroatoms. The molecule has 9 aromatic rings. The van der Waals surface area contributed by atoms with Crippen LogP contribution >= 0.6 is 33.2 Å². The highest BCUT2D eigenvalue weighted by atomic mass is 32.7. The van der Waals surface area contributed by atoms with E-state index in [-0.39, 0.29) is 148 Å². The lowest BCUT2D eigenvalue weighted by atomic mass is 9.95. The summed E-state index contributed by atoms with van der Waals surface area (Å²) in [7, 11) is -2.39. The molecule has 658 valence electrons. The van der Waals surface area contributed by atoms with Gasteiger partial charge in [-0.1, -0.05) is 78.4 Å². The number of aromatic nitrogens is 10. The summed E-state index contributed by atoms with van der Waals surface area (Å²) in [5, 5.41) is 35.1. The third-order valence-corrected chi connectivity index (χ3v) is 25.4. The van der Waals surface area contributed by atoms with E-state index in [0.717, 1.165) is 29.8 Å². The Morgan fingerprint density at radius 1 is 0.669 bits per heavy atom. The van der Waals surface area contributed by atoms with Crippen LogP contribution in [0.2, 0.25) is 0 Å². The van der Waals surface area contributed by atoms with Gasteiger partial charge in [-0.25, -0.2) is 47.7 Å². The van der Waals surface area contributed by atoms with E-state index in [1.54, 1.807) is 53.4 Å². The number of nitrogens with one attached hydrogen (secondary N) is 6. The molecule has 40 nitrogen and oxygen atoms in total. The Morgan fingerprint density at radius 3 is 1.95 bits per heavy atom. The molecule has 12 atom stereocenters. The average Bonchev–Trinajstić information content (AvgIpc) is 1.48. The third-order valence-electron chi connectivity index (χ3n) is 20.1. The number of unbranched alkanes of at least 4 members (excludes halogenated alkanes) is 3. The van der Waals surface area contributed by atoms with Crippen molar-refractivity contribution >= 4 is 133 Å². The Hall–Kier alpha value is -10.6. The van der Waals surface area contributed by atoms with Gasteiger partial charge in [-0.3, -0.25) is 56.1 Å². The number of fused-ring (bicyclic) bond motifs is 9. The minimum atomic E-state index is -4.76. The number of anilines is 5. The lowest BCUT2D eigenvalue weighted by Crippen LogP contribution is -2.37. The molecular formula is C77H91BF2N19O21P3S. The molecule has 124 heavy (non-hydrogen) atoms. The van der Waals surface area contributed by atoms with Crippen LogP contribution in [0.15, 0.2) is 128 Å². The third kappa shape index (κ3) is 24.1. The van der Waals surface area contributed by atoms with Gasteiger partial charge in [0.25, 0.3) is 7.47 Å². The minimum Gasteiger partial charge on any atom is -0.445 e. The number of hydrogen-bond donors (Lipinski definition) is 10. The lowest BCUT2D eigenvalue weighted by molar-refractivity contribution is -0.124. The van der Waals surface area contributed by atoms with Crippen molar-refractivity contribution in [2.24, 2.45) is 0 Å². The highest BCUT2D eigenvalue weighted by Crippen LogP contribution is 2.65. The number of alkyl carbamates (subject to hydrolysis) is 1. The fraction of sp³-hybridized carbons (Fsp3) is 0.429. The van der Waals surface area contributed by atoms with E-state index in [1.807, 2.05) is 53.2 Å². The molecule has 0 spiro atoms. The molecule has 2 unspecified atom stereocenters. The zero-order valence-electron chi connectivity index (χ0n) is 66.9. The predicted molar refractivity (Wildman–Crippen MR) is 447 cm³/mol. The zero-order chi connectivity index (χ0) is 87.7. The van der Waals surface area contributed by atoms with Gasteiger partial charge in [-0.2, -0.15) is 0 Å². The van der Waals surface area contributed by atoms with Crippen LogP contribution in [0, 0.1) is 0 Å². The van der Waals surface area contributed by atoms with Gasteiger partial charge in [0.2, 0.25) is 43.0 Å². The number of rotatable bonds is 36. The normalized spacial score (nSPS) is 21.9. The van der Waals surface area contributed by atoms with Crippen molar-refractivity contribution in [2.75, 3.05) is 92.9 Å². The topological polar surface area (TPSA) is 527 Å². The highest BCUT2D eigenvalue weighted by Gasteiger charge is 2.55. The summed E-state index contributed by atoms with van der Waals surface area (Å²) < 4.78 is 129. The van der Waals surface area contributed by atoms with Gasteiger partial charge in [-0.05, 0) is 96.6 Å². The largest absolute Gasteiger partial charge is 0.445 e. The maximum atomic E-state index is 17.1. The summed E-state index contributed by atoms with van der Waals surface area (Å²) in [5.41, 5.74) is 19.2. The smallest absolute Gasteiger partial charge is 0.407 e. The number of nitrogens with two attached hydrogens (primary N) is 2. The number of imidazole rings is 2. The Balaban J connectivity index is 0.524. The molecule has 0 aliphatic carbocycles. The molecule has 4 aliphatic rings. The number of nitrogen functional groups attached to an aromatic ring is 2. The number of halogens is 2. The molecule has 12 N–H and O–H groups in total. The first-order valence-corrected chi connectivity index (χ1v) is 46.4. The standard InChI is InChI=1S/C77H91BF2N19O21P3S/c1-121(108,109)114-39-51(100)38-112-33-11-29-85-77(107)113-37-46-19-23-49(24-20-46)92-61(104)35-87-60(103)18-9-8-17-58(101)83-31-28-63(106)96-36-48-12-4-5-13-52(48)69-66(53-14-6-7-15-55(53)96)94-95-99(69)32-10-2-3-16-59(102)86-34-62(105)93-50-25-21-47(22-26-50)42-124-123(111)116-41-57-70(64(79)75(118-57)98-45-91-68-72(82)88-43-89-74(68)98)119-122(78,110)115-40-56-71(120-123)65(80)76(117-56)97-44-90-67-54(81)27-30-84-73(67)97/h4-7,12-15,19-27,30,43-45,51,56-57,64-65,70-71,75-76,100H,2-3,8-11,16-18,28-29,31-42H2,1H3,(H2,81,84)(H,83,101)(H,85,107)(H,86,102)(H,87,103)(H,92,104)(H,93,105)(H,108,109)(H2,82,88,89)/t51?,56-,57-,64-,65-,70-,71-,75-,76-,122-,123+/m1/s1. The Morgan fingerprint density at radius 2 is 1.27 bits per heavy atom. The summed E-state index contributed by atoms with van der Waals surface area (Å²) >= 11 is 0.646. The Labute approximate surface area is 713 Å². The van der Waals surface area contributed by atoms with Gasteiger partial charge in [0.05, 0.1) is 75.8 Å². The number of nitrogens with zero attached hydrogens (tertiary/aromatic N) is 11. The van der Waals surface area contributed by atoms with Crippen LogP contribution in [0.1, 0.15) is 93.4 Å². The molecule has 0 saturated carbocycles. The van der Waals surface area contributed by atoms with E-state index in [1.165, 1.54) is 34.1 Å². The fourth-order valence-electron chi connectivity index (χ4n) is 13.9. The van der Waals surface area contributed by atoms with Crippen molar-refractivity contribution in [3.8, 4) is 22.5 Å². The van der Waals surface area contributed by atoms with Crippen molar-refractivity contribution in [3.05, 3.63) is 145 Å². The average molecular weight is 1790 g/mol. The Bertz CT molecular complexity index is 5450. The summed E-state index contributed by atoms with van der Waals surface area (Å²) in [6.45, 7) is -5.19. The van der Waals surface area contributed by atoms with Crippen LogP contribution in [0.25, 0.3) is 44.8 Å². The lowest BCUT2D eigenvalue weighted by Gasteiger charge is -2.30. The number of alkyl halides is 2. The summed E-state index contributed by atoms with van der Waals surface area (Å²) in [6, 6.07) is 29.5. The maximum absolute atomic E-state index is 17.1. The first-order valence-electron chi connectivity index (χ1n) is 39.6. The van der Waals surface area contributed by atoms with Crippen LogP contribution in [-0.4, -0.2) is 217 Å². The molecule has 3 saturated heterocycles. The predicted octanol–water partition coefficient (Wildman–Crippen LogP) is 7.78. The molecule has 4 aromatic carbocycles. The minimum absolute atomic E-state index is 0.00551. The van der Waals surface area contributed by atoms with Crippen molar-refractivity contribution in [2.45, 2.75) is 145 Å². The number of benzene rings is 4. The van der Waals surface area contributed by atoms with Gasteiger partial charge < -0.3 is 90.8 Å². The molecule has 5 aromatic heterocycles. The van der Waals surface area contributed by atoms with Gasteiger partial charge in [0.15, 0.2) is 41.9 Å². The Kier molecular flexibility index (Phi) is 30.8. The van der Waals surface area contributed by atoms with Gasteiger partial charge in [0.1, 0.15) is 60.2 Å². The van der Waals surface area contributed by atoms with Crippen LogP contribution < -0.4 is 48.3 Å². The number of ether oxygens (including phenoxy) is 4. The first-order chi connectivity index (χ1) is 59.6. The molecule has 9 heterocycles. The molecule has 13 rings (SSSR count). The van der Waals surface area contributed by atoms with Crippen LogP contribution in [0.5, 0.6) is 0 Å². The van der Waals surface area contributed by atoms with Gasteiger partial charge in [-0.15, -0.1) is 5.10 Å². The molecule has 0 bridgehead atoms. The fourth-order valence-corrected chi connectivity index (χ4v) is 18.7. The van der Waals surface area contributed by atoms with Crippen molar-refractivity contribution in [3.63, 3.8) is 0 Å². The van der Waals surface area contributed by atoms with Crippen LogP contribution in [0.4, 0.5) is 42.1 Å². The van der Waals surface area contributed by atoms with E-state index in [0.29, 0.717) is 95.9 Å². The van der Waals surface area contributed by atoms with Crippen molar-refractivity contribution < 1.29 is 108 Å². The van der Waals surface area contributed by atoms with E-state index < -0.39 is 108 Å². The number of carbonyl (C=O) groups excluding carboxylic acids is 7. The van der Waals surface area contributed by atoms with E-state index in [9.17, 15) is 47.8 Å².